The molecule has 0 aromatic carbocycles. The number of hydrogen-bond acceptors (Lipinski definition) is 1. The zero-order valence-corrected chi connectivity index (χ0v) is 5.48. The molecule has 0 atom stereocenters. The highest BCUT2D eigenvalue weighted by molar-refractivity contribution is 9.12. The van der Waals surface area contributed by atoms with Crippen LogP contribution in [0.4, 0.5) is 0 Å². The molecule has 0 amide bonds. The standard InChI is InChI=1S/C5H6BrN/c6-5-2-1-3-7-4-5/h2,4H,1,3H2. The van der Waals surface area contributed by atoms with E-state index in [1.54, 1.807) is 0 Å². The van der Waals surface area contributed by atoms with E-state index in [9.17, 15) is 0 Å². The molecule has 0 bridgehead atoms. The van der Waals surface area contributed by atoms with Crippen LogP contribution in [0.1, 0.15) is 6.42 Å². The number of dihydropyridines is 1. The molecule has 0 fully saturated rings. The Labute approximate surface area is 51.3 Å². The van der Waals surface area contributed by atoms with Gasteiger partial charge in [-0.2, -0.15) is 0 Å². The lowest BCUT2D eigenvalue weighted by molar-refractivity contribution is 1.00. The average Bonchev–Trinajstić information content (AvgIpc) is 1.69. The van der Waals surface area contributed by atoms with Crippen molar-refractivity contribution in [3.63, 3.8) is 0 Å². The first kappa shape index (κ1) is 5.04. The van der Waals surface area contributed by atoms with Crippen molar-refractivity contribution in [2.45, 2.75) is 6.42 Å². The molecule has 7 heavy (non-hydrogen) atoms. The molecule has 0 saturated carbocycles. The second-order valence-corrected chi connectivity index (χ2v) is 2.33. The summed E-state index contributed by atoms with van der Waals surface area (Å²) in [5.41, 5.74) is 0. The molecule has 1 aliphatic rings. The Kier molecular flexibility index (Phi) is 1.63. The molecule has 0 aromatic rings. The number of rotatable bonds is 0. The number of allylic oxidation sites excluding steroid dienone is 1. The van der Waals surface area contributed by atoms with Crippen LogP contribution in [0.5, 0.6) is 0 Å². The Morgan fingerprint density at radius 3 is 2.86 bits per heavy atom. The van der Waals surface area contributed by atoms with Gasteiger partial charge in [0.25, 0.3) is 0 Å². The van der Waals surface area contributed by atoms with Gasteiger partial charge in [0.2, 0.25) is 0 Å². The number of nitrogens with zero attached hydrogens (tertiary/aromatic N) is 1. The van der Waals surface area contributed by atoms with Gasteiger partial charge in [0.05, 0.1) is 0 Å². The highest BCUT2D eigenvalue weighted by Crippen LogP contribution is 2.06. The fraction of sp³-hybridized carbons (Fsp3) is 0.400. The Morgan fingerprint density at radius 2 is 2.57 bits per heavy atom. The molecule has 0 unspecified atom stereocenters. The summed E-state index contributed by atoms with van der Waals surface area (Å²) in [6.07, 6.45) is 5.04. The van der Waals surface area contributed by atoms with Crippen molar-refractivity contribution in [1.29, 1.82) is 0 Å². The fourth-order valence-electron chi connectivity index (χ4n) is 0.481. The molecule has 0 aromatic heterocycles. The molecule has 2 heteroatoms. The van der Waals surface area contributed by atoms with Crippen LogP contribution in [-0.2, 0) is 0 Å². The molecule has 0 N–H and O–H groups in total. The zero-order chi connectivity index (χ0) is 5.11. The van der Waals surface area contributed by atoms with Gasteiger partial charge in [-0.15, -0.1) is 0 Å². The van der Waals surface area contributed by atoms with Gasteiger partial charge >= 0.3 is 0 Å². The van der Waals surface area contributed by atoms with Crippen LogP contribution >= 0.6 is 15.9 Å². The van der Waals surface area contributed by atoms with Crippen molar-refractivity contribution in [3.05, 3.63) is 10.6 Å². The third-order valence-corrected chi connectivity index (χ3v) is 1.34. The molecule has 1 heterocycles. The fourth-order valence-corrected chi connectivity index (χ4v) is 0.855. The van der Waals surface area contributed by atoms with Crippen molar-refractivity contribution in [2.24, 2.45) is 4.99 Å². The lowest BCUT2D eigenvalue weighted by Crippen LogP contribution is -1.86. The van der Waals surface area contributed by atoms with Crippen LogP contribution in [0, 0.1) is 0 Å². The SMILES string of the molecule is BrC1=CCCN=C1. The second-order valence-electron chi connectivity index (χ2n) is 1.41. The maximum Gasteiger partial charge on any atom is 0.0424 e. The van der Waals surface area contributed by atoms with Gasteiger partial charge in [0.1, 0.15) is 0 Å². The molecular weight excluding hydrogens is 154 g/mol. The highest BCUT2D eigenvalue weighted by atomic mass is 79.9. The minimum atomic E-state index is 0.953. The van der Waals surface area contributed by atoms with Gasteiger partial charge in [-0.1, -0.05) is 6.08 Å². The van der Waals surface area contributed by atoms with Crippen LogP contribution in [0.25, 0.3) is 0 Å². The second kappa shape index (κ2) is 2.26. The molecule has 1 nitrogen and oxygen atoms in total. The smallest absolute Gasteiger partial charge is 0.0424 e. The summed E-state index contributed by atoms with van der Waals surface area (Å²) >= 11 is 3.30. The summed E-state index contributed by atoms with van der Waals surface area (Å²) in [5, 5.41) is 0. The predicted octanol–water partition coefficient (Wildman–Crippen LogP) is 1.74. The van der Waals surface area contributed by atoms with Crippen molar-refractivity contribution in [3.8, 4) is 0 Å². The first-order valence-corrected chi connectivity index (χ1v) is 3.04. The lowest BCUT2D eigenvalue weighted by Gasteiger charge is -1.95. The van der Waals surface area contributed by atoms with Crippen LogP contribution in [0.2, 0.25) is 0 Å². The van der Waals surface area contributed by atoms with E-state index in [4.69, 9.17) is 0 Å². The first-order valence-electron chi connectivity index (χ1n) is 2.25. The largest absolute Gasteiger partial charge is 0.292 e. The average molecular weight is 160 g/mol. The van der Waals surface area contributed by atoms with E-state index in [0.29, 0.717) is 0 Å². The van der Waals surface area contributed by atoms with Crippen LogP contribution in [0.3, 0.4) is 0 Å². The van der Waals surface area contributed by atoms with E-state index in [2.05, 4.69) is 27.0 Å². The zero-order valence-electron chi connectivity index (χ0n) is 3.89. The topological polar surface area (TPSA) is 12.4 Å². The highest BCUT2D eigenvalue weighted by Gasteiger charge is 1.89. The number of halogens is 1. The molecular formula is C5H6BrN. The quantitative estimate of drug-likeness (QED) is 0.511. The Morgan fingerprint density at radius 1 is 1.71 bits per heavy atom. The molecule has 0 saturated heterocycles. The summed E-state index contributed by atoms with van der Waals surface area (Å²) in [5.74, 6) is 0. The molecule has 0 spiro atoms. The molecule has 38 valence electrons. The summed E-state index contributed by atoms with van der Waals surface area (Å²) in [6.45, 7) is 0.953. The van der Waals surface area contributed by atoms with E-state index in [0.717, 1.165) is 17.4 Å². The van der Waals surface area contributed by atoms with Crippen molar-refractivity contribution in [2.75, 3.05) is 6.54 Å². The summed E-state index contributed by atoms with van der Waals surface area (Å²) < 4.78 is 1.11. The number of hydrogen-bond donors (Lipinski definition) is 0. The maximum atomic E-state index is 4.02. The Hall–Kier alpha value is -0.110. The van der Waals surface area contributed by atoms with Crippen molar-refractivity contribution in [1.82, 2.24) is 0 Å². The molecule has 1 rings (SSSR count). The lowest BCUT2D eigenvalue weighted by atomic mass is 10.3. The van der Waals surface area contributed by atoms with Crippen LogP contribution < -0.4 is 0 Å². The van der Waals surface area contributed by atoms with Gasteiger partial charge in [-0.05, 0) is 22.4 Å². The van der Waals surface area contributed by atoms with Crippen molar-refractivity contribution >= 4 is 22.1 Å². The monoisotopic (exact) mass is 159 g/mol. The number of aliphatic imine (C=N–C) groups is 1. The van der Waals surface area contributed by atoms with Crippen LogP contribution in [-0.4, -0.2) is 12.8 Å². The molecule has 1 aliphatic heterocycles. The Bertz CT molecular complexity index is 115. The van der Waals surface area contributed by atoms with Crippen LogP contribution in [0.15, 0.2) is 15.6 Å². The van der Waals surface area contributed by atoms with Gasteiger partial charge in [0.15, 0.2) is 0 Å². The van der Waals surface area contributed by atoms with Crippen molar-refractivity contribution < 1.29 is 0 Å². The van der Waals surface area contributed by atoms with Gasteiger partial charge in [-0.25, -0.2) is 0 Å². The molecule has 0 radical (unpaired) electrons. The summed E-state index contributed by atoms with van der Waals surface area (Å²) in [4.78, 5) is 4.02. The van der Waals surface area contributed by atoms with E-state index in [1.165, 1.54) is 0 Å². The van der Waals surface area contributed by atoms with Gasteiger partial charge in [0, 0.05) is 17.2 Å². The minimum absolute atomic E-state index is 0.953. The maximum absolute atomic E-state index is 4.02. The van der Waals surface area contributed by atoms with E-state index < -0.39 is 0 Å². The first-order chi connectivity index (χ1) is 3.39. The minimum Gasteiger partial charge on any atom is -0.292 e. The predicted molar refractivity (Wildman–Crippen MR) is 35.0 cm³/mol. The van der Waals surface area contributed by atoms with E-state index >= 15 is 0 Å². The summed E-state index contributed by atoms with van der Waals surface area (Å²) in [6, 6.07) is 0. The third kappa shape index (κ3) is 1.43. The van der Waals surface area contributed by atoms with E-state index in [-0.39, 0.29) is 0 Å². The normalized spacial score (nSPS) is 19.3. The molecule has 0 aliphatic carbocycles. The van der Waals surface area contributed by atoms with Gasteiger partial charge < -0.3 is 0 Å². The third-order valence-electron chi connectivity index (χ3n) is 0.812. The van der Waals surface area contributed by atoms with E-state index in [1.807, 2.05) is 6.21 Å². The Balaban J connectivity index is 2.58. The summed E-state index contributed by atoms with van der Waals surface area (Å²) in [7, 11) is 0. The van der Waals surface area contributed by atoms with Gasteiger partial charge in [-0.3, -0.25) is 4.99 Å².